The van der Waals surface area contributed by atoms with Crippen molar-refractivity contribution >= 4 is 34.7 Å². The topological polar surface area (TPSA) is 47.6 Å². The van der Waals surface area contributed by atoms with Crippen LogP contribution in [0.1, 0.15) is 0 Å². The molecule has 0 saturated carbocycles. The zero-order valence-electron chi connectivity index (χ0n) is 7.96. The third-order valence-corrected chi connectivity index (χ3v) is 2.13. The molecular formula is C9H8Cl2F2N2O. The Bertz CT molecular complexity index is 399. The first kappa shape index (κ1) is 13.0. The number of nitrogens with zero attached hydrogens (tertiary/aromatic N) is 1. The van der Waals surface area contributed by atoms with Crippen LogP contribution in [0.2, 0.25) is 5.02 Å². The summed E-state index contributed by atoms with van der Waals surface area (Å²) < 4.78 is 28.5. The monoisotopic (exact) mass is 268 g/mol. The summed E-state index contributed by atoms with van der Waals surface area (Å²) >= 11 is 11.1. The Balaban J connectivity index is 3.12. The van der Waals surface area contributed by atoms with E-state index in [1.807, 2.05) is 0 Å². The van der Waals surface area contributed by atoms with Gasteiger partial charge in [0.2, 0.25) is 0 Å². The summed E-state index contributed by atoms with van der Waals surface area (Å²) in [5.74, 6) is -0.143. The lowest BCUT2D eigenvalue weighted by Crippen LogP contribution is -2.12. The van der Waals surface area contributed by atoms with E-state index in [0.29, 0.717) is 0 Å². The van der Waals surface area contributed by atoms with Crippen molar-refractivity contribution in [3.8, 4) is 5.75 Å². The highest BCUT2D eigenvalue weighted by Crippen LogP contribution is 2.36. The van der Waals surface area contributed by atoms with Gasteiger partial charge >= 0.3 is 6.61 Å². The number of aliphatic imine (C=N–C) groups is 1. The van der Waals surface area contributed by atoms with E-state index < -0.39 is 6.61 Å². The van der Waals surface area contributed by atoms with Crippen LogP contribution in [0.5, 0.6) is 5.75 Å². The van der Waals surface area contributed by atoms with Gasteiger partial charge in [-0.1, -0.05) is 17.7 Å². The van der Waals surface area contributed by atoms with Crippen molar-refractivity contribution in [1.82, 2.24) is 0 Å². The third kappa shape index (κ3) is 3.50. The van der Waals surface area contributed by atoms with Crippen molar-refractivity contribution in [2.45, 2.75) is 6.61 Å². The smallest absolute Gasteiger partial charge is 0.387 e. The summed E-state index contributed by atoms with van der Waals surface area (Å²) in [4.78, 5) is 3.81. The highest BCUT2D eigenvalue weighted by atomic mass is 35.5. The minimum absolute atomic E-state index is 0.0133. The summed E-state index contributed by atoms with van der Waals surface area (Å²) in [6.07, 6.45) is 0. The molecule has 1 aromatic carbocycles. The molecule has 3 nitrogen and oxygen atoms in total. The predicted octanol–water partition coefficient (Wildman–Crippen LogP) is 3.17. The van der Waals surface area contributed by atoms with Crippen molar-refractivity contribution in [2.24, 2.45) is 10.7 Å². The molecule has 0 amide bonds. The zero-order valence-corrected chi connectivity index (χ0v) is 9.47. The molecule has 0 atom stereocenters. The van der Waals surface area contributed by atoms with E-state index in [4.69, 9.17) is 28.9 Å². The van der Waals surface area contributed by atoms with E-state index in [-0.39, 0.29) is 28.2 Å². The SMILES string of the molecule is NC(CCl)=Nc1cccc(Cl)c1OC(F)F. The quantitative estimate of drug-likeness (QED) is 0.518. The van der Waals surface area contributed by atoms with Crippen molar-refractivity contribution in [2.75, 3.05) is 5.88 Å². The second-order valence-corrected chi connectivity index (χ2v) is 3.38. The molecule has 0 aromatic heterocycles. The van der Waals surface area contributed by atoms with Gasteiger partial charge in [0.1, 0.15) is 11.5 Å². The van der Waals surface area contributed by atoms with Gasteiger partial charge in [0.15, 0.2) is 5.75 Å². The minimum Gasteiger partial charge on any atom is -0.431 e. The number of alkyl halides is 3. The van der Waals surface area contributed by atoms with Gasteiger partial charge in [0.05, 0.1) is 10.9 Å². The maximum Gasteiger partial charge on any atom is 0.387 e. The Morgan fingerprint density at radius 1 is 1.50 bits per heavy atom. The molecule has 0 unspecified atom stereocenters. The summed E-state index contributed by atoms with van der Waals surface area (Å²) in [5.41, 5.74) is 5.50. The number of rotatable bonds is 4. The molecule has 1 aromatic rings. The van der Waals surface area contributed by atoms with Crippen LogP contribution < -0.4 is 10.5 Å². The van der Waals surface area contributed by atoms with E-state index in [0.717, 1.165) is 0 Å². The van der Waals surface area contributed by atoms with Crippen molar-refractivity contribution in [3.63, 3.8) is 0 Å². The summed E-state index contributed by atoms with van der Waals surface area (Å²) in [6.45, 7) is -2.98. The Morgan fingerprint density at radius 2 is 2.19 bits per heavy atom. The summed E-state index contributed by atoms with van der Waals surface area (Å²) in [7, 11) is 0. The fourth-order valence-corrected chi connectivity index (χ4v) is 1.25. The fraction of sp³-hybridized carbons (Fsp3) is 0.222. The summed E-state index contributed by atoms with van der Waals surface area (Å²) in [6, 6.07) is 4.40. The molecule has 88 valence electrons. The molecule has 0 fully saturated rings. The highest BCUT2D eigenvalue weighted by molar-refractivity contribution is 6.32. The second-order valence-electron chi connectivity index (χ2n) is 2.70. The van der Waals surface area contributed by atoms with E-state index in [1.165, 1.54) is 12.1 Å². The highest BCUT2D eigenvalue weighted by Gasteiger charge is 2.13. The molecule has 0 aliphatic rings. The largest absolute Gasteiger partial charge is 0.431 e. The minimum atomic E-state index is -2.98. The number of hydrogen-bond donors (Lipinski definition) is 1. The van der Waals surface area contributed by atoms with Crippen LogP contribution in [0, 0.1) is 0 Å². The first-order valence-electron chi connectivity index (χ1n) is 4.17. The molecule has 0 radical (unpaired) electrons. The van der Waals surface area contributed by atoms with Crippen LogP contribution in [-0.2, 0) is 0 Å². The van der Waals surface area contributed by atoms with Gasteiger partial charge < -0.3 is 10.5 Å². The second kappa shape index (κ2) is 5.86. The van der Waals surface area contributed by atoms with Crippen molar-refractivity contribution < 1.29 is 13.5 Å². The fourth-order valence-electron chi connectivity index (χ4n) is 0.976. The zero-order chi connectivity index (χ0) is 12.1. The standard InChI is InChI=1S/C9H8Cl2F2N2O/c10-4-7(14)15-6-3-1-2-5(11)8(6)16-9(12)13/h1-3,9H,4H2,(H2,14,15). The lowest BCUT2D eigenvalue weighted by molar-refractivity contribution is -0.0493. The van der Waals surface area contributed by atoms with Crippen molar-refractivity contribution in [3.05, 3.63) is 23.2 Å². The van der Waals surface area contributed by atoms with E-state index in [1.54, 1.807) is 6.07 Å². The Kier molecular flexibility index (Phi) is 4.76. The van der Waals surface area contributed by atoms with E-state index in [2.05, 4.69) is 9.73 Å². The molecular weight excluding hydrogens is 261 g/mol. The van der Waals surface area contributed by atoms with Crippen LogP contribution in [0.4, 0.5) is 14.5 Å². The van der Waals surface area contributed by atoms with Crippen molar-refractivity contribution in [1.29, 1.82) is 0 Å². The number of nitrogens with two attached hydrogens (primary N) is 1. The first-order chi connectivity index (χ1) is 7.54. The van der Waals surface area contributed by atoms with Crippen LogP contribution in [0.25, 0.3) is 0 Å². The molecule has 2 N–H and O–H groups in total. The average Bonchev–Trinajstić information content (AvgIpc) is 2.22. The maximum absolute atomic E-state index is 12.1. The molecule has 0 heterocycles. The number of amidine groups is 1. The van der Waals surface area contributed by atoms with Gasteiger partial charge in [0, 0.05) is 0 Å². The normalized spacial score (nSPS) is 11.9. The Morgan fingerprint density at radius 3 is 2.75 bits per heavy atom. The first-order valence-corrected chi connectivity index (χ1v) is 5.08. The molecule has 0 aliphatic heterocycles. The van der Waals surface area contributed by atoms with Gasteiger partial charge in [-0.15, -0.1) is 11.6 Å². The summed E-state index contributed by atoms with van der Waals surface area (Å²) in [5, 5.41) is 0.0314. The lowest BCUT2D eigenvalue weighted by atomic mass is 10.3. The number of ether oxygens (including phenoxy) is 1. The van der Waals surface area contributed by atoms with Gasteiger partial charge in [-0.3, -0.25) is 0 Å². The number of benzene rings is 1. The molecule has 0 saturated heterocycles. The van der Waals surface area contributed by atoms with Gasteiger partial charge in [-0.25, -0.2) is 4.99 Å². The molecule has 0 aliphatic carbocycles. The van der Waals surface area contributed by atoms with Gasteiger partial charge in [0.25, 0.3) is 0 Å². The number of hydrogen-bond acceptors (Lipinski definition) is 2. The predicted molar refractivity (Wildman–Crippen MR) is 60.1 cm³/mol. The van der Waals surface area contributed by atoms with E-state index >= 15 is 0 Å². The van der Waals surface area contributed by atoms with Crippen LogP contribution >= 0.6 is 23.2 Å². The van der Waals surface area contributed by atoms with Gasteiger partial charge in [-0.2, -0.15) is 8.78 Å². The average molecular weight is 269 g/mol. The van der Waals surface area contributed by atoms with E-state index in [9.17, 15) is 8.78 Å². The molecule has 16 heavy (non-hydrogen) atoms. The lowest BCUT2D eigenvalue weighted by Gasteiger charge is -2.09. The molecule has 1 rings (SSSR count). The number of halogens is 4. The van der Waals surface area contributed by atoms with Crippen LogP contribution in [0.15, 0.2) is 23.2 Å². The van der Waals surface area contributed by atoms with Gasteiger partial charge in [-0.05, 0) is 12.1 Å². The van der Waals surface area contributed by atoms with Crippen LogP contribution in [-0.4, -0.2) is 18.3 Å². The van der Waals surface area contributed by atoms with Crippen LogP contribution in [0.3, 0.4) is 0 Å². The Labute approximate surface area is 101 Å². The molecule has 0 spiro atoms. The Hall–Kier alpha value is -1.07. The molecule has 0 bridgehead atoms. The third-order valence-electron chi connectivity index (χ3n) is 1.55. The maximum atomic E-state index is 12.1. The number of para-hydroxylation sites is 1. The molecule has 7 heteroatoms.